The third kappa shape index (κ3) is 3.46. The summed E-state index contributed by atoms with van der Waals surface area (Å²) in [6.07, 6.45) is 0.306. The maximum atomic E-state index is 14.5. The first-order valence-corrected chi connectivity index (χ1v) is 9.21. The van der Waals surface area contributed by atoms with E-state index in [-0.39, 0.29) is 11.1 Å². The van der Waals surface area contributed by atoms with Gasteiger partial charge >= 0.3 is 0 Å². The largest absolute Gasteiger partial charge is 0.342 e. The predicted molar refractivity (Wildman–Crippen MR) is 103 cm³/mol. The number of nitrogens with zero attached hydrogens (tertiary/aromatic N) is 2. The highest BCUT2D eigenvalue weighted by Crippen LogP contribution is 2.33. The standard InChI is InChI=1S/C22H21F2N3O2/c1-13(17-15(12-25)9-10-16(23)18(17)24)19-20(28)27(3)22(2,21(29)26-19)11-14-7-5-4-6-8-14/h4-10,13,19H,11H2,1-3H3,(H,26,29). The summed E-state index contributed by atoms with van der Waals surface area (Å²) in [5.41, 5.74) is -0.531. The number of hydrogen-bond acceptors (Lipinski definition) is 3. The van der Waals surface area contributed by atoms with Crippen molar-refractivity contribution in [1.82, 2.24) is 10.2 Å². The van der Waals surface area contributed by atoms with E-state index in [0.29, 0.717) is 6.42 Å². The van der Waals surface area contributed by atoms with Crippen molar-refractivity contribution in [3.8, 4) is 6.07 Å². The van der Waals surface area contributed by atoms with Crippen LogP contribution in [0.25, 0.3) is 0 Å². The Balaban J connectivity index is 1.94. The molecule has 5 nitrogen and oxygen atoms in total. The van der Waals surface area contributed by atoms with Crippen molar-refractivity contribution in [3.05, 3.63) is 70.8 Å². The first-order valence-electron chi connectivity index (χ1n) is 9.21. The van der Waals surface area contributed by atoms with Crippen molar-refractivity contribution < 1.29 is 18.4 Å². The predicted octanol–water partition coefficient (Wildman–Crippen LogP) is 2.90. The Bertz CT molecular complexity index is 1000. The number of hydrogen-bond donors (Lipinski definition) is 1. The summed E-state index contributed by atoms with van der Waals surface area (Å²) in [4.78, 5) is 27.4. The second kappa shape index (κ2) is 7.63. The number of amides is 2. The molecular formula is C22H21F2N3O2. The van der Waals surface area contributed by atoms with E-state index in [1.807, 2.05) is 36.4 Å². The molecule has 1 N–H and O–H groups in total. The summed E-state index contributed by atoms with van der Waals surface area (Å²) < 4.78 is 28.2. The van der Waals surface area contributed by atoms with Gasteiger partial charge in [0.2, 0.25) is 11.8 Å². The topological polar surface area (TPSA) is 73.2 Å². The van der Waals surface area contributed by atoms with Crippen LogP contribution in [0.2, 0.25) is 0 Å². The van der Waals surface area contributed by atoms with Crippen LogP contribution in [0.15, 0.2) is 42.5 Å². The van der Waals surface area contributed by atoms with Gasteiger partial charge in [-0.2, -0.15) is 5.26 Å². The Morgan fingerprint density at radius 2 is 1.86 bits per heavy atom. The van der Waals surface area contributed by atoms with Gasteiger partial charge in [0, 0.05) is 24.9 Å². The van der Waals surface area contributed by atoms with Gasteiger partial charge < -0.3 is 10.2 Å². The van der Waals surface area contributed by atoms with E-state index in [0.717, 1.165) is 11.6 Å². The molecule has 0 bridgehead atoms. The third-order valence-electron chi connectivity index (χ3n) is 5.71. The Hall–Kier alpha value is -3.27. The quantitative estimate of drug-likeness (QED) is 0.862. The van der Waals surface area contributed by atoms with Gasteiger partial charge in [0.05, 0.1) is 11.6 Å². The smallest absolute Gasteiger partial charge is 0.246 e. The molecule has 0 radical (unpaired) electrons. The number of benzene rings is 2. The molecule has 0 aromatic heterocycles. The lowest BCUT2D eigenvalue weighted by molar-refractivity contribution is -0.154. The van der Waals surface area contributed by atoms with Crippen LogP contribution in [0.4, 0.5) is 8.78 Å². The van der Waals surface area contributed by atoms with Gasteiger partial charge in [-0.3, -0.25) is 9.59 Å². The van der Waals surface area contributed by atoms with Crippen LogP contribution >= 0.6 is 0 Å². The molecule has 2 aromatic rings. The number of likely N-dealkylation sites (N-methyl/N-ethyl adjacent to an activating group) is 1. The Morgan fingerprint density at radius 1 is 1.21 bits per heavy atom. The minimum Gasteiger partial charge on any atom is -0.342 e. The van der Waals surface area contributed by atoms with Crippen molar-refractivity contribution >= 4 is 11.8 Å². The molecule has 7 heteroatoms. The number of carbonyl (C=O) groups is 2. The number of nitriles is 1. The molecule has 3 atom stereocenters. The Morgan fingerprint density at radius 3 is 2.48 bits per heavy atom. The zero-order chi connectivity index (χ0) is 21.3. The monoisotopic (exact) mass is 397 g/mol. The molecule has 3 unspecified atom stereocenters. The second-order valence-corrected chi connectivity index (χ2v) is 7.51. The summed E-state index contributed by atoms with van der Waals surface area (Å²) in [6, 6.07) is 12.0. The van der Waals surface area contributed by atoms with Gasteiger partial charge in [0.15, 0.2) is 11.6 Å². The molecule has 2 amide bonds. The van der Waals surface area contributed by atoms with E-state index in [9.17, 15) is 23.6 Å². The second-order valence-electron chi connectivity index (χ2n) is 7.51. The molecule has 2 aromatic carbocycles. The zero-order valence-corrected chi connectivity index (χ0v) is 16.4. The highest BCUT2D eigenvalue weighted by Gasteiger charge is 2.49. The van der Waals surface area contributed by atoms with Crippen LogP contribution in [0, 0.1) is 23.0 Å². The van der Waals surface area contributed by atoms with Crippen molar-refractivity contribution in [3.63, 3.8) is 0 Å². The maximum absolute atomic E-state index is 14.5. The molecule has 1 fully saturated rings. The number of carbonyl (C=O) groups excluding carboxylic acids is 2. The van der Waals surface area contributed by atoms with Gasteiger partial charge in [0.1, 0.15) is 11.6 Å². The highest BCUT2D eigenvalue weighted by molar-refractivity contribution is 6.00. The zero-order valence-electron chi connectivity index (χ0n) is 16.4. The lowest BCUT2D eigenvalue weighted by Crippen LogP contribution is -2.70. The van der Waals surface area contributed by atoms with Crippen molar-refractivity contribution in [2.75, 3.05) is 7.05 Å². The van der Waals surface area contributed by atoms with E-state index in [2.05, 4.69) is 5.32 Å². The van der Waals surface area contributed by atoms with Gasteiger partial charge in [-0.1, -0.05) is 37.3 Å². The molecule has 3 rings (SSSR count). The molecule has 150 valence electrons. The summed E-state index contributed by atoms with van der Waals surface area (Å²) >= 11 is 0. The number of piperazine rings is 1. The maximum Gasteiger partial charge on any atom is 0.246 e. The number of rotatable bonds is 4. The minimum atomic E-state index is -1.18. The fourth-order valence-electron chi connectivity index (χ4n) is 3.77. The van der Waals surface area contributed by atoms with Gasteiger partial charge in [-0.05, 0) is 24.6 Å². The van der Waals surface area contributed by atoms with Crippen molar-refractivity contribution in [2.45, 2.75) is 37.8 Å². The van der Waals surface area contributed by atoms with E-state index in [4.69, 9.17) is 0 Å². The molecule has 1 heterocycles. The van der Waals surface area contributed by atoms with Crippen LogP contribution in [-0.2, 0) is 16.0 Å². The van der Waals surface area contributed by atoms with Gasteiger partial charge in [0.25, 0.3) is 0 Å². The van der Waals surface area contributed by atoms with E-state index in [1.165, 1.54) is 24.9 Å². The molecule has 1 aliphatic rings. The molecule has 29 heavy (non-hydrogen) atoms. The summed E-state index contributed by atoms with van der Waals surface area (Å²) in [5.74, 6) is -4.04. The summed E-state index contributed by atoms with van der Waals surface area (Å²) in [6.45, 7) is 3.16. The first-order chi connectivity index (χ1) is 13.7. The average Bonchev–Trinajstić information content (AvgIpc) is 2.71. The Labute approximate surface area is 167 Å². The summed E-state index contributed by atoms with van der Waals surface area (Å²) in [5, 5.41) is 12.0. The van der Waals surface area contributed by atoms with Crippen molar-refractivity contribution in [1.29, 1.82) is 5.26 Å². The normalized spacial score (nSPS) is 22.8. The minimum absolute atomic E-state index is 0.0706. The fraction of sp³-hybridized carbons (Fsp3) is 0.318. The van der Waals surface area contributed by atoms with Crippen LogP contribution in [0.1, 0.15) is 36.5 Å². The van der Waals surface area contributed by atoms with Crippen LogP contribution in [0.5, 0.6) is 0 Å². The van der Waals surface area contributed by atoms with E-state index < -0.39 is 40.9 Å². The lowest BCUT2D eigenvalue weighted by atomic mass is 9.82. The molecule has 1 saturated heterocycles. The lowest BCUT2D eigenvalue weighted by Gasteiger charge is -2.46. The van der Waals surface area contributed by atoms with Gasteiger partial charge in [-0.15, -0.1) is 0 Å². The highest BCUT2D eigenvalue weighted by atomic mass is 19.2. The average molecular weight is 397 g/mol. The molecule has 0 spiro atoms. The number of nitrogens with one attached hydrogen (secondary N) is 1. The van der Waals surface area contributed by atoms with Crippen LogP contribution < -0.4 is 5.32 Å². The van der Waals surface area contributed by atoms with Gasteiger partial charge in [-0.25, -0.2) is 8.78 Å². The fourth-order valence-corrected chi connectivity index (χ4v) is 3.77. The van der Waals surface area contributed by atoms with Crippen LogP contribution in [0.3, 0.4) is 0 Å². The molecule has 0 aliphatic carbocycles. The van der Waals surface area contributed by atoms with E-state index in [1.54, 1.807) is 6.92 Å². The first kappa shape index (κ1) is 20.5. The van der Waals surface area contributed by atoms with Crippen molar-refractivity contribution in [2.24, 2.45) is 0 Å². The summed E-state index contributed by atoms with van der Waals surface area (Å²) in [7, 11) is 1.52. The Kier molecular flexibility index (Phi) is 5.38. The number of halogens is 2. The van der Waals surface area contributed by atoms with Crippen LogP contribution in [-0.4, -0.2) is 35.3 Å². The molecular weight excluding hydrogens is 376 g/mol. The third-order valence-corrected chi connectivity index (χ3v) is 5.71. The molecule has 1 aliphatic heterocycles. The SMILES string of the molecule is CC(c1c(C#N)ccc(F)c1F)C1NC(=O)C(C)(Cc2ccccc2)N(C)C1=O. The molecule has 0 saturated carbocycles. The van der Waals surface area contributed by atoms with E-state index >= 15 is 0 Å².